The van der Waals surface area contributed by atoms with E-state index >= 15 is 0 Å². The zero-order valence-corrected chi connectivity index (χ0v) is 14.6. The lowest BCUT2D eigenvalue weighted by Crippen LogP contribution is -2.37. The second kappa shape index (κ2) is 8.45. The Bertz CT molecular complexity index is 767. The highest BCUT2D eigenvalue weighted by atomic mass is 16.5. The van der Waals surface area contributed by atoms with Gasteiger partial charge in [0, 0.05) is 30.0 Å². The van der Waals surface area contributed by atoms with Crippen molar-refractivity contribution in [1.29, 1.82) is 0 Å². The maximum Gasteiger partial charge on any atom is 0.259 e. The molecule has 0 spiro atoms. The van der Waals surface area contributed by atoms with Crippen molar-refractivity contribution in [1.82, 2.24) is 10.2 Å². The van der Waals surface area contributed by atoms with Crippen molar-refractivity contribution < 1.29 is 14.3 Å². The summed E-state index contributed by atoms with van der Waals surface area (Å²) in [5, 5.41) is 2.82. The normalized spacial score (nSPS) is 13.0. The molecule has 1 heterocycles. The maximum absolute atomic E-state index is 12.4. The van der Waals surface area contributed by atoms with Gasteiger partial charge in [0.15, 0.2) is 0 Å². The molecule has 1 N–H and O–H groups in total. The number of ether oxygens (including phenoxy) is 1. The van der Waals surface area contributed by atoms with Crippen LogP contribution in [0.5, 0.6) is 0 Å². The Balaban J connectivity index is 1.36. The molecule has 0 aliphatic carbocycles. The van der Waals surface area contributed by atoms with E-state index in [9.17, 15) is 9.59 Å². The molecule has 2 aromatic rings. The van der Waals surface area contributed by atoms with E-state index in [0.29, 0.717) is 37.4 Å². The number of benzene rings is 2. The second-order valence-electron chi connectivity index (χ2n) is 6.13. The third-order valence-corrected chi connectivity index (χ3v) is 4.24. The highest BCUT2D eigenvalue weighted by Crippen LogP contribution is 2.30. The van der Waals surface area contributed by atoms with Gasteiger partial charge in [-0.05, 0) is 18.1 Å². The molecule has 0 bridgehead atoms. The molecule has 26 heavy (non-hydrogen) atoms. The van der Waals surface area contributed by atoms with Crippen molar-refractivity contribution in [3.05, 3.63) is 77.9 Å². The number of hydrogen-bond donors (Lipinski definition) is 1. The van der Waals surface area contributed by atoms with Crippen molar-refractivity contribution in [2.45, 2.75) is 13.0 Å². The van der Waals surface area contributed by atoms with Crippen LogP contribution in [0, 0.1) is 0 Å². The minimum Gasteiger partial charge on any atom is -0.377 e. The van der Waals surface area contributed by atoms with Gasteiger partial charge in [-0.3, -0.25) is 14.5 Å². The van der Waals surface area contributed by atoms with Gasteiger partial charge >= 0.3 is 0 Å². The number of rotatable bonds is 8. The monoisotopic (exact) mass is 350 g/mol. The second-order valence-corrected chi connectivity index (χ2v) is 6.13. The Hall–Kier alpha value is -2.92. The minimum absolute atomic E-state index is 0.0166. The summed E-state index contributed by atoms with van der Waals surface area (Å²) in [6, 6.07) is 17.2. The Morgan fingerprint density at radius 3 is 2.46 bits per heavy atom. The third-order valence-electron chi connectivity index (χ3n) is 4.24. The lowest BCUT2D eigenvalue weighted by atomic mass is 10.1. The van der Waals surface area contributed by atoms with Gasteiger partial charge in [-0.2, -0.15) is 0 Å². The molecule has 1 aliphatic heterocycles. The van der Waals surface area contributed by atoms with Gasteiger partial charge in [-0.1, -0.05) is 55.1 Å². The van der Waals surface area contributed by atoms with Gasteiger partial charge in [0.25, 0.3) is 5.91 Å². The molecule has 0 unspecified atom stereocenters. The van der Waals surface area contributed by atoms with E-state index in [-0.39, 0.29) is 18.4 Å². The third kappa shape index (κ3) is 4.18. The van der Waals surface area contributed by atoms with Gasteiger partial charge in [-0.25, -0.2) is 0 Å². The molecule has 0 saturated heterocycles. The quantitative estimate of drug-likeness (QED) is 0.745. The van der Waals surface area contributed by atoms with E-state index in [0.717, 1.165) is 11.1 Å². The fourth-order valence-corrected chi connectivity index (χ4v) is 2.87. The molecular formula is C21H22N2O3. The lowest BCUT2D eigenvalue weighted by Gasteiger charge is -2.17. The first-order valence-corrected chi connectivity index (χ1v) is 8.65. The summed E-state index contributed by atoms with van der Waals surface area (Å²) in [5.74, 6) is -0.373. The molecule has 1 aliphatic rings. The van der Waals surface area contributed by atoms with Gasteiger partial charge in [0.2, 0.25) is 5.91 Å². The number of amides is 2. The largest absolute Gasteiger partial charge is 0.377 e. The van der Waals surface area contributed by atoms with E-state index < -0.39 is 0 Å². The molecule has 0 aromatic heterocycles. The fraction of sp³-hybridized carbons (Fsp3) is 0.238. The topological polar surface area (TPSA) is 58.6 Å². The van der Waals surface area contributed by atoms with Crippen LogP contribution in [0.2, 0.25) is 0 Å². The number of nitrogens with zero attached hydrogens (tertiary/aromatic N) is 1. The minimum atomic E-state index is -0.199. The predicted molar refractivity (Wildman–Crippen MR) is 100 cm³/mol. The predicted octanol–water partition coefficient (Wildman–Crippen LogP) is 2.84. The van der Waals surface area contributed by atoms with E-state index in [2.05, 4.69) is 11.9 Å². The lowest BCUT2D eigenvalue weighted by molar-refractivity contribution is -0.121. The highest BCUT2D eigenvalue weighted by Gasteiger charge is 2.31. The molecule has 0 atom stereocenters. The first kappa shape index (κ1) is 17.9. The van der Waals surface area contributed by atoms with Gasteiger partial charge < -0.3 is 10.1 Å². The summed E-state index contributed by atoms with van der Waals surface area (Å²) in [4.78, 5) is 25.9. The van der Waals surface area contributed by atoms with Crippen molar-refractivity contribution >= 4 is 17.5 Å². The fourth-order valence-electron chi connectivity index (χ4n) is 2.87. The zero-order chi connectivity index (χ0) is 18.4. The zero-order valence-electron chi connectivity index (χ0n) is 14.6. The molecule has 0 fully saturated rings. The van der Waals surface area contributed by atoms with Gasteiger partial charge in [0.05, 0.1) is 6.61 Å². The van der Waals surface area contributed by atoms with Crippen LogP contribution in [0.1, 0.15) is 27.9 Å². The van der Waals surface area contributed by atoms with Crippen molar-refractivity contribution in [2.24, 2.45) is 0 Å². The molecular weight excluding hydrogens is 328 g/mol. The van der Waals surface area contributed by atoms with Crippen LogP contribution in [0.3, 0.4) is 0 Å². The van der Waals surface area contributed by atoms with E-state index in [1.807, 2.05) is 48.5 Å². The SMILES string of the molecule is C=C1c2ccccc2C(=O)N1CC(=O)NCCCOCc1ccccc1. The average molecular weight is 350 g/mol. The number of carbonyl (C=O) groups is 2. The summed E-state index contributed by atoms with van der Waals surface area (Å²) in [6.45, 7) is 5.56. The van der Waals surface area contributed by atoms with Crippen molar-refractivity contribution in [3.8, 4) is 0 Å². The molecule has 3 rings (SSSR count). The Labute approximate surface area is 153 Å². The van der Waals surface area contributed by atoms with Crippen LogP contribution < -0.4 is 5.32 Å². The molecule has 2 amide bonds. The van der Waals surface area contributed by atoms with Crippen LogP contribution >= 0.6 is 0 Å². The molecule has 0 saturated carbocycles. The summed E-state index contributed by atoms with van der Waals surface area (Å²) in [6.07, 6.45) is 0.716. The van der Waals surface area contributed by atoms with Crippen LogP contribution in [0.4, 0.5) is 0 Å². The first-order chi connectivity index (χ1) is 12.7. The van der Waals surface area contributed by atoms with Crippen LogP contribution in [-0.4, -0.2) is 36.4 Å². The van der Waals surface area contributed by atoms with Crippen molar-refractivity contribution in [3.63, 3.8) is 0 Å². The number of carbonyl (C=O) groups excluding carboxylic acids is 2. The first-order valence-electron chi connectivity index (χ1n) is 8.65. The molecule has 5 heteroatoms. The van der Waals surface area contributed by atoms with Gasteiger partial charge in [0.1, 0.15) is 6.54 Å². The summed E-state index contributed by atoms with van der Waals surface area (Å²) in [5.41, 5.74) is 3.09. The van der Waals surface area contributed by atoms with E-state index in [4.69, 9.17) is 4.74 Å². The smallest absolute Gasteiger partial charge is 0.259 e. The maximum atomic E-state index is 12.4. The number of hydrogen-bond acceptors (Lipinski definition) is 3. The molecule has 0 radical (unpaired) electrons. The molecule has 2 aromatic carbocycles. The van der Waals surface area contributed by atoms with E-state index in [1.54, 1.807) is 6.07 Å². The summed E-state index contributed by atoms with van der Waals surface area (Å²) >= 11 is 0. The number of fused-ring (bicyclic) bond motifs is 1. The Morgan fingerprint density at radius 1 is 1.04 bits per heavy atom. The Kier molecular flexibility index (Phi) is 5.81. The van der Waals surface area contributed by atoms with Crippen LogP contribution in [0.25, 0.3) is 5.70 Å². The summed E-state index contributed by atoms with van der Waals surface area (Å²) < 4.78 is 5.58. The average Bonchev–Trinajstić information content (AvgIpc) is 2.91. The van der Waals surface area contributed by atoms with Gasteiger partial charge in [-0.15, -0.1) is 0 Å². The Morgan fingerprint density at radius 2 is 1.73 bits per heavy atom. The molecule has 134 valence electrons. The van der Waals surface area contributed by atoms with Crippen LogP contribution in [-0.2, 0) is 16.1 Å². The van der Waals surface area contributed by atoms with Crippen LogP contribution in [0.15, 0.2) is 61.2 Å². The summed E-state index contributed by atoms with van der Waals surface area (Å²) in [7, 11) is 0. The standard InChI is InChI=1S/C21H22N2O3/c1-16-18-10-5-6-11-19(18)21(25)23(16)14-20(24)22-12-7-13-26-15-17-8-3-2-4-9-17/h2-6,8-11H,1,7,12-15H2,(H,22,24). The highest BCUT2D eigenvalue weighted by molar-refractivity contribution is 6.10. The number of nitrogens with one attached hydrogen (secondary N) is 1. The molecule has 5 nitrogen and oxygen atoms in total. The van der Waals surface area contributed by atoms with E-state index in [1.165, 1.54) is 4.90 Å². The van der Waals surface area contributed by atoms with Crippen molar-refractivity contribution in [2.75, 3.05) is 19.7 Å².